The number of alkyl halides is 2. The van der Waals surface area contributed by atoms with E-state index in [9.17, 15) is 23.5 Å². The highest BCUT2D eigenvalue weighted by atomic mass is 19.3. The van der Waals surface area contributed by atoms with Gasteiger partial charge < -0.3 is 30.0 Å². The summed E-state index contributed by atoms with van der Waals surface area (Å²) in [6.45, 7) is 4.81. The molecule has 1 aromatic carbocycles. The zero-order chi connectivity index (χ0) is 22.7. The van der Waals surface area contributed by atoms with Gasteiger partial charge in [0, 0.05) is 31.0 Å². The van der Waals surface area contributed by atoms with Gasteiger partial charge in [0.1, 0.15) is 17.1 Å². The second-order valence-electron chi connectivity index (χ2n) is 8.29. The Morgan fingerprint density at radius 1 is 1.20 bits per heavy atom. The van der Waals surface area contributed by atoms with E-state index in [1.165, 1.54) is 14.2 Å². The average molecular weight is 430 g/mol. The van der Waals surface area contributed by atoms with E-state index in [4.69, 9.17) is 14.2 Å². The third-order valence-corrected chi connectivity index (χ3v) is 4.62. The summed E-state index contributed by atoms with van der Waals surface area (Å²) >= 11 is 0. The van der Waals surface area contributed by atoms with Crippen LogP contribution in [0.5, 0.6) is 11.5 Å². The fraction of sp³-hybridized carbons (Fsp3) is 0.600. The summed E-state index contributed by atoms with van der Waals surface area (Å²) in [6, 6.07) is 4.95. The molecule has 2 rings (SSSR count). The van der Waals surface area contributed by atoms with Crippen molar-refractivity contribution in [3.8, 4) is 11.5 Å². The van der Waals surface area contributed by atoms with Crippen molar-refractivity contribution in [2.45, 2.75) is 63.3 Å². The van der Waals surface area contributed by atoms with E-state index < -0.39 is 48.0 Å². The number of hydrogen-bond donors (Lipinski definition) is 3. The number of ether oxygens (including phenoxy) is 3. The maximum Gasteiger partial charge on any atom is 0.408 e. The normalized spacial score (nSPS) is 17.9. The van der Waals surface area contributed by atoms with Gasteiger partial charge in [-0.1, -0.05) is 0 Å². The number of aliphatic hydroxyl groups excluding tert-OH is 1. The molecule has 0 radical (unpaired) electrons. The Bertz CT molecular complexity index is 786. The Kier molecular flexibility index (Phi) is 6.80. The van der Waals surface area contributed by atoms with E-state index in [1.54, 1.807) is 39.0 Å². The Balaban J connectivity index is 2.08. The van der Waals surface area contributed by atoms with Crippen LogP contribution in [-0.4, -0.2) is 54.5 Å². The lowest BCUT2D eigenvalue weighted by Crippen LogP contribution is -2.71. The summed E-state index contributed by atoms with van der Waals surface area (Å²) in [5.74, 6) is -3.00. The van der Waals surface area contributed by atoms with Gasteiger partial charge >= 0.3 is 6.09 Å². The molecule has 10 heteroatoms. The van der Waals surface area contributed by atoms with Gasteiger partial charge in [-0.2, -0.15) is 0 Å². The van der Waals surface area contributed by atoms with Crippen LogP contribution in [0.1, 0.15) is 39.2 Å². The van der Waals surface area contributed by atoms with Crippen molar-refractivity contribution >= 4 is 12.0 Å². The van der Waals surface area contributed by atoms with E-state index in [2.05, 4.69) is 10.6 Å². The smallest absolute Gasteiger partial charge is 0.408 e. The highest BCUT2D eigenvalue weighted by Gasteiger charge is 2.63. The molecule has 1 fully saturated rings. The second kappa shape index (κ2) is 8.63. The molecule has 30 heavy (non-hydrogen) atoms. The fourth-order valence-electron chi connectivity index (χ4n) is 3.26. The minimum absolute atomic E-state index is 0.0258. The van der Waals surface area contributed by atoms with Crippen molar-refractivity contribution in [3.05, 3.63) is 23.8 Å². The van der Waals surface area contributed by atoms with Crippen LogP contribution in [0.3, 0.4) is 0 Å². The summed E-state index contributed by atoms with van der Waals surface area (Å²) < 4.78 is 42.6. The minimum Gasteiger partial charge on any atom is -0.497 e. The zero-order valence-corrected chi connectivity index (χ0v) is 17.7. The van der Waals surface area contributed by atoms with Gasteiger partial charge in [-0.25, -0.2) is 13.6 Å². The van der Waals surface area contributed by atoms with Crippen LogP contribution in [-0.2, 0) is 16.1 Å². The molecule has 0 bridgehead atoms. The topological polar surface area (TPSA) is 106 Å². The number of benzene rings is 1. The Morgan fingerprint density at radius 2 is 1.83 bits per heavy atom. The largest absolute Gasteiger partial charge is 0.497 e. The maximum absolute atomic E-state index is 13.6. The van der Waals surface area contributed by atoms with Crippen molar-refractivity contribution < 1.29 is 37.7 Å². The van der Waals surface area contributed by atoms with Gasteiger partial charge in [-0.05, 0) is 32.9 Å². The molecule has 1 aliphatic rings. The zero-order valence-electron chi connectivity index (χ0n) is 17.7. The van der Waals surface area contributed by atoms with Crippen LogP contribution in [0.15, 0.2) is 18.2 Å². The molecule has 0 unspecified atom stereocenters. The molecule has 3 N–H and O–H groups in total. The minimum atomic E-state index is -3.10. The van der Waals surface area contributed by atoms with Crippen LogP contribution >= 0.6 is 0 Å². The molecule has 1 aliphatic carbocycles. The molecular weight excluding hydrogens is 402 g/mol. The van der Waals surface area contributed by atoms with Crippen molar-refractivity contribution in [2.24, 2.45) is 0 Å². The molecule has 0 aromatic heterocycles. The van der Waals surface area contributed by atoms with Gasteiger partial charge in [-0.15, -0.1) is 0 Å². The summed E-state index contributed by atoms with van der Waals surface area (Å²) in [5.41, 5.74) is -2.10. The number of halogens is 2. The molecule has 0 spiro atoms. The molecule has 2 amide bonds. The molecule has 1 saturated carbocycles. The highest BCUT2D eigenvalue weighted by Crippen LogP contribution is 2.47. The van der Waals surface area contributed by atoms with E-state index in [1.807, 2.05) is 0 Å². The molecular formula is C20H28F2N2O6. The average Bonchev–Trinajstić information content (AvgIpc) is 2.61. The number of hydrogen-bond acceptors (Lipinski definition) is 6. The first-order valence-corrected chi connectivity index (χ1v) is 9.36. The molecule has 0 aliphatic heterocycles. The summed E-state index contributed by atoms with van der Waals surface area (Å²) in [5, 5.41) is 15.2. The number of alkyl carbamates (subject to hydrolysis) is 1. The number of aliphatic hydroxyl groups is 1. The predicted octanol–water partition coefficient (Wildman–Crippen LogP) is 2.37. The van der Waals surface area contributed by atoms with E-state index >= 15 is 0 Å². The Morgan fingerprint density at radius 3 is 2.33 bits per heavy atom. The first-order chi connectivity index (χ1) is 13.8. The van der Waals surface area contributed by atoms with E-state index in [-0.39, 0.29) is 6.54 Å². The van der Waals surface area contributed by atoms with Gasteiger partial charge in [0.25, 0.3) is 11.8 Å². The van der Waals surface area contributed by atoms with Crippen LogP contribution in [0.25, 0.3) is 0 Å². The maximum atomic E-state index is 13.6. The van der Waals surface area contributed by atoms with Crippen LogP contribution in [0.4, 0.5) is 13.6 Å². The fourth-order valence-corrected chi connectivity index (χ4v) is 3.26. The SMILES string of the molecule is COc1ccc(CNC(=O)[C@@H](O)C2(NC(=O)OC(C)(C)C)CC(F)(F)C2)c(OC)c1. The molecule has 1 aromatic rings. The lowest BCUT2D eigenvalue weighted by Gasteiger charge is -2.49. The van der Waals surface area contributed by atoms with E-state index in [0.717, 1.165) is 0 Å². The number of carbonyl (C=O) groups excluding carboxylic acids is 2. The second-order valence-corrected chi connectivity index (χ2v) is 8.29. The number of methoxy groups -OCH3 is 2. The first-order valence-electron chi connectivity index (χ1n) is 9.36. The van der Waals surface area contributed by atoms with Crippen molar-refractivity contribution in [1.82, 2.24) is 10.6 Å². The number of rotatable bonds is 7. The Hall–Kier alpha value is -2.62. The molecule has 0 saturated heterocycles. The van der Waals surface area contributed by atoms with Gasteiger partial charge in [0.15, 0.2) is 6.10 Å². The number of nitrogens with one attached hydrogen (secondary N) is 2. The standard InChI is InChI=1S/C20H28F2N2O6/c1-18(2,3)30-17(27)24-19(10-20(21,22)11-19)15(25)16(26)23-9-12-6-7-13(28-4)8-14(12)29-5/h6-8,15,25H,9-11H2,1-5H3,(H,23,26)(H,24,27)/t15-/m1/s1. The van der Waals surface area contributed by atoms with Gasteiger partial charge in [0.05, 0.1) is 19.8 Å². The molecule has 168 valence electrons. The van der Waals surface area contributed by atoms with Crippen molar-refractivity contribution in [2.75, 3.05) is 14.2 Å². The van der Waals surface area contributed by atoms with Gasteiger partial charge in [-0.3, -0.25) is 4.79 Å². The summed E-state index contributed by atoms with van der Waals surface area (Å²) in [4.78, 5) is 24.6. The van der Waals surface area contributed by atoms with Crippen molar-refractivity contribution in [1.29, 1.82) is 0 Å². The number of carbonyl (C=O) groups is 2. The number of amides is 2. The van der Waals surface area contributed by atoms with E-state index in [0.29, 0.717) is 17.1 Å². The first kappa shape index (κ1) is 23.7. The summed E-state index contributed by atoms with van der Waals surface area (Å²) in [7, 11) is 2.95. The third kappa shape index (κ3) is 5.71. The summed E-state index contributed by atoms with van der Waals surface area (Å²) in [6.07, 6.45) is -4.63. The molecule has 1 atom stereocenters. The lowest BCUT2D eigenvalue weighted by molar-refractivity contribution is -0.174. The predicted molar refractivity (Wildman–Crippen MR) is 104 cm³/mol. The molecule has 0 heterocycles. The molecule has 8 nitrogen and oxygen atoms in total. The highest BCUT2D eigenvalue weighted by molar-refractivity contribution is 5.83. The van der Waals surface area contributed by atoms with Crippen LogP contribution in [0.2, 0.25) is 0 Å². The van der Waals surface area contributed by atoms with Gasteiger partial charge in [0.2, 0.25) is 0 Å². The van der Waals surface area contributed by atoms with Crippen LogP contribution < -0.4 is 20.1 Å². The third-order valence-electron chi connectivity index (χ3n) is 4.62. The Labute approximate surface area is 173 Å². The quantitative estimate of drug-likeness (QED) is 0.613. The lowest BCUT2D eigenvalue weighted by atomic mass is 9.69. The van der Waals surface area contributed by atoms with Crippen molar-refractivity contribution in [3.63, 3.8) is 0 Å². The van der Waals surface area contributed by atoms with Crippen LogP contribution in [0, 0.1) is 0 Å². The monoisotopic (exact) mass is 430 g/mol.